The average molecular weight is 313 g/mol. The highest BCUT2D eigenvalue weighted by atomic mass is 32.2. The molecular formula is C16H27NO3S. The maximum Gasteiger partial charge on any atom is 0.304 e. The standard InChI is InChI=1S/C16H27NO3S/c18-15(19)10-13-12-21-9-8-17(13)11-14-4-7-16(20-14)5-2-1-3-6-16/h13-14H,1-12H2,(H,18,19). The number of rotatable bonds is 4. The van der Waals surface area contributed by atoms with Crippen LogP contribution in [0.2, 0.25) is 0 Å². The van der Waals surface area contributed by atoms with E-state index >= 15 is 0 Å². The van der Waals surface area contributed by atoms with E-state index in [9.17, 15) is 4.79 Å². The third-order valence-electron chi connectivity index (χ3n) is 5.30. The molecule has 1 N–H and O–H groups in total. The summed E-state index contributed by atoms with van der Waals surface area (Å²) in [7, 11) is 0. The maximum absolute atomic E-state index is 11.0. The normalized spacial score (nSPS) is 33.3. The summed E-state index contributed by atoms with van der Waals surface area (Å²) >= 11 is 1.88. The van der Waals surface area contributed by atoms with Gasteiger partial charge in [0.15, 0.2) is 0 Å². The Balaban J connectivity index is 1.54. The second-order valence-corrected chi connectivity index (χ2v) is 7.99. The molecule has 21 heavy (non-hydrogen) atoms. The lowest BCUT2D eigenvalue weighted by molar-refractivity contribution is -0.138. The van der Waals surface area contributed by atoms with Crippen LogP contribution in [0.1, 0.15) is 51.4 Å². The van der Waals surface area contributed by atoms with Gasteiger partial charge in [-0.15, -0.1) is 0 Å². The Morgan fingerprint density at radius 1 is 1.29 bits per heavy atom. The molecule has 2 saturated heterocycles. The molecule has 3 fully saturated rings. The third kappa shape index (κ3) is 3.93. The van der Waals surface area contributed by atoms with Crippen molar-refractivity contribution in [3.63, 3.8) is 0 Å². The zero-order valence-electron chi connectivity index (χ0n) is 12.8. The van der Waals surface area contributed by atoms with Gasteiger partial charge in [0.2, 0.25) is 0 Å². The van der Waals surface area contributed by atoms with Gasteiger partial charge in [0.1, 0.15) is 0 Å². The van der Waals surface area contributed by atoms with Crippen molar-refractivity contribution < 1.29 is 14.6 Å². The summed E-state index contributed by atoms with van der Waals surface area (Å²) in [6.07, 6.45) is 9.42. The first kappa shape index (κ1) is 15.6. The van der Waals surface area contributed by atoms with Crippen LogP contribution in [0, 0.1) is 0 Å². The number of carboxylic acid groups (broad SMARTS) is 1. The van der Waals surface area contributed by atoms with Crippen molar-refractivity contribution in [2.75, 3.05) is 24.6 Å². The van der Waals surface area contributed by atoms with Crippen LogP contribution in [0.25, 0.3) is 0 Å². The van der Waals surface area contributed by atoms with E-state index in [-0.39, 0.29) is 18.1 Å². The SMILES string of the molecule is O=C(O)CC1CSCCN1CC1CCC2(CCCCC2)O1. The molecule has 2 aliphatic heterocycles. The van der Waals surface area contributed by atoms with Gasteiger partial charge < -0.3 is 9.84 Å². The Labute approximate surface area is 131 Å². The number of hydrogen-bond acceptors (Lipinski definition) is 4. The van der Waals surface area contributed by atoms with Gasteiger partial charge in [-0.2, -0.15) is 11.8 Å². The fourth-order valence-electron chi connectivity index (χ4n) is 4.17. The monoisotopic (exact) mass is 313 g/mol. The Hall–Kier alpha value is -0.260. The first-order chi connectivity index (χ1) is 10.2. The fourth-order valence-corrected chi connectivity index (χ4v) is 5.30. The molecule has 1 aliphatic carbocycles. The van der Waals surface area contributed by atoms with E-state index in [1.807, 2.05) is 11.8 Å². The highest BCUT2D eigenvalue weighted by Gasteiger charge is 2.41. The van der Waals surface area contributed by atoms with E-state index in [2.05, 4.69) is 4.90 Å². The van der Waals surface area contributed by atoms with Gasteiger partial charge >= 0.3 is 5.97 Å². The van der Waals surface area contributed by atoms with Gasteiger partial charge in [0.25, 0.3) is 0 Å². The molecule has 3 rings (SSSR count). The van der Waals surface area contributed by atoms with E-state index in [0.717, 1.165) is 31.0 Å². The van der Waals surface area contributed by atoms with Crippen LogP contribution in [0.3, 0.4) is 0 Å². The molecule has 0 amide bonds. The molecule has 120 valence electrons. The first-order valence-corrected chi connectivity index (χ1v) is 9.54. The molecule has 1 saturated carbocycles. The fraction of sp³-hybridized carbons (Fsp3) is 0.938. The van der Waals surface area contributed by atoms with Gasteiger partial charge in [0, 0.05) is 30.6 Å². The van der Waals surface area contributed by atoms with Crippen molar-refractivity contribution in [1.29, 1.82) is 0 Å². The lowest BCUT2D eigenvalue weighted by atomic mass is 9.83. The minimum Gasteiger partial charge on any atom is -0.481 e. The van der Waals surface area contributed by atoms with Gasteiger partial charge in [-0.1, -0.05) is 19.3 Å². The minimum absolute atomic E-state index is 0.176. The summed E-state index contributed by atoms with van der Waals surface area (Å²) < 4.78 is 6.45. The molecule has 5 heteroatoms. The van der Waals surface area contributed by atoms with Crippen molar-refractivity contribution in [2.45, 2.75) is 69.1 Å². The molecule has 2 unspecified atom stereocenters. The summed E-state index contributed by atoms with van der Waals surface area (Å²) in [6.45, 7) is 1.94. The largest absolute Gasteiger partial charge is 0.481 e. The van der Waals surface area contributed by atoms with E-state index in [1.54, 1.807) is 0 Å². The minimum atomic E-state index is -0.677. The number of carbonyl (C=O) groups is 1. The molecule has 2 heterocycles. The second kappa shape index (κ2) is 6.88. The Morgan fingerprint density at radius 2 is 2.10 bits per heavy atom. The average Bonchev–Trinajstić information content (AvgIpc) is 2.84. The van der Waals surface area contributed by atoms with E-state index in [4.69, 9.17) is 9.84 Å². The third-order valence-corrected chi connectivity index (χ3v) is 6.39. The quantitative estimate of drug-likeness (QED) is 0.865. The smallest absolute Gasteiger partial charge is 0.304 e. The van der Waals surface area contributed by atoms with E-state index in [1.165, 1.54) is 38.5 Å². The Morgan fingerprint density at radius 3 is 2.86 bits per heavy atom. The predicted octanol–water partition coefficient (Wildman–Crippen LogP) is 2.76. The molecule has 0 aromatic carbocycles. The summed E-state index contributed by atoms with van der Waals surface area (Å²) in [5.74, 6) is 1.39. The van der Waals surface area contributed by atoms with Gasteiger partial charge in [-0.3, -0.25) is 9.69 Å². The molecule has 3 aliphatic rings. The van der Waals surface area contributed by atoms with Crippen LogP contribution < -0.4 is 0 Å². The van der Waals surface area contributed by atoms with Crippen LogP contribution in [-0.2, 0) is 9.53 Å². The van der Waals surface area contributed by atoms with Crippen molar-refractivity contribution >= 4 is 17.7 Å². The summed E-state index contributed by atoms with van der Waals surface area (Å²) in [6, 6.07) is 0.188. The zero-order valence-corrected chi connectivity index (χ0v) is 13.6. The zero-order chi connectivity index (χ0) is 14.7. The lowest BCUT2D eigenvalue weighted by Gasteiger charge is -2.37. The molecule has 0 aromatic rings. The summed E-state index contributed by atoms with van der Waals surface area (Å²) in [4.78, 5) is 13.4. The van der Waals surface area contributed by atoms with Gasteiger partial charge in [-0.25, -0.2) is 0 Å². The number of carboxylic acids is 1. The predicted molar refractivity (Wildman–Crippen MR) is 84.9 cm³/mol. The summed E-state index contributed by atoms with van der Waals surface area (Å²) in [5, 5.41) is 9.08. The molecular weight excluding hydrogens is 286 g/mol. The number of thioether (sulfide) groups is 1. The van der Waals surface area contributed by atoms with Crippen molar-refractivity contribution in [3.05, 3.63) is 0 Å². The number of hydrogen-bond donors (Lipinski definition) is 1. The van der Waals surface area contributed by atoms with Crippen LogP contribution in [0.5, 0.6) is 0 Å². The first-order valence-electron chi connectivity index (χ1n) is 8.38. The van der Waals surface area contributed by atoms with Gasteiger partial charge in [-0.05, 0) is 25.7 Å². The highest BCUT2D eigenvalue weighted by molar-refractivity contribution is 7.99. The van der Waals surface area contributed by atoms with E-state index < -0.39 is 5.97 Å². The lowest BCUT2D eigenvalue weighted by Crippen LogP contribution is -2.47. The molecule has 1 spiro atoms. The van der Waals surface area contributed by atoms with Crippen LogP contribution in [-0.4, -0.2) is 58.3 Å². The number of ether oxygens (including phenoxy) is 1. The van der Waals surface area contributed by atoms with Crippen molar-refractivity contribution in [2.24, 2.45) is 0 Å². The molecule has 4 nitrogen and oxygen atoms in total. The maximum atomic E-state index is 11.0. The van der Waals surface area contributed by atoms with Gasteiger partial charge in [0.05, 0.1) is 18.1 Å². The Kier molecular flexibility index (Phi) is 5.12. The molecule has 0 radical (unpaired) electrons. The summed E-state index contributed by atoms with van der Waals surface area (Å²) in [5.41, 5.74) is 0.176. The molecule has 0 aromatic heterocycles. The molecule has 0 bridgehead atoms. The second-order valence-electron chi connectivity index (χ2n) is 6.84. The Bertz CT molecular complexity index is 371. The molecule has 2 atom stereocenters. The number of nitrogens with zero attached hydrogens (tertiary/aromatic N) is 1. The van der Waals surface area contributed by atoms with E-state index in [0.29, 0.717) is 6.10 Å². The van der Waals surface area contributed by atoms with Crippen LogP contribution in [0.4, 0.5) is 0 Å². The number of aliphatic carboxylic acids is 1. The van der Waals surface area contributed by atoms with Crippen molar-refractivity contribution in [3.8, 4) is 0 Å². The highest BCUT2D eigenvalue weighted by Crippen LogP contribution is 2.42. The van der Waals surface area contributed by atoms with Crippen LogP contribution in [0.15, 0.2) is 0 Å². The van der Waals surface area contributed by atoms with Crippen molar-refractivity contribution in [1.82, 2.24) is 4.90 Å². The van der Waals surface area contributed by atoms with Crippen LogP contribution >= 0.6 is 11.8 Å². The topological polar surface area (TPSA) is 49.8 Å².